The van der Waals surface area contributed by atoms with E-state index in [2.05, 4.69) is 20.0 Å². The molecule has 2 aromatic heterocycles. The van der Waals surface area contributed by atoms with Crippen molar-refractivity contribution in [3.05, 3.63) is 29.8 Å². The van der Waals surface area contributed by atoms with Crippen LogP contribution >= 0.6 is 11.3 Å². The highest BCUT2D eigenvalue weighted by atomic mass is 32.1. The molecule has 0 spiro atoms. The van der Waals surface area contributed by atoms with Crippen molar-refractivity contribution in [2.45, 2.75) is 0 Å². The van der Waals surface area contributed by atoms with Crippen LogP contribution in [0.5, 0.6) is 0 Å². The van der Waals surface area contributed by atoms with Gasteiger partial charge in [-0.25, -0.2) is 9.78 Å². The number of pyridine rings is 1. The summed E-state index contributed by atoms with van der Waals surface area (Å²) < 4.78 is 4.47. The Labute approximate surface area is 96.1 Å². The highest BCUT2D eigenvalue weighted by Crippen LogP contribution is 2.22. The van der Waals surface area contributed by atoms with Crippen LogP contribution in [0.1, 0.15) is 0 Å². The van der Waals surface area contributed by atoms with Gasteiger partial charge in [-0.1, -0.05) is 6.07 Å². The van der Waals surface area contributed by atoms with Gasteiger partial charge in [0.1, 0.15) is 5.69 Å². The van der Waals surface area contributed by atoms with E-state index in [1.54, 1.807) is 6.20 Å². The topological polar surface area (TPSA) is 64.1 Å². The third-order valence-electron chi connectivity index (χ3n) is 1.83. The Morgan fingerprint density at radius 3 is 3.00 bits per heavy atom. The van der Waals surface area contributed by atoms with Gasteiger partial charge in [0.2, 0.25) is 0 Å². The molecule has 0 aliphatic carbocycles. The molecule has 0 saturated heterocycles. The number of rotatable bonds is 2. The van der Waals surface area contributed by atoms with Gasteiger partial charge in [0.15, 0.2) is 5.13 Å². The second-order valence-corrected chi connectivity index (χ2v) is 3.73. The molecule has 0 unspecified atom stereocenters. The zero-order valence-electron chi connectivity index (χ0n) is 8.51. The number of aromatic nitrogens is 2. The van der Waals surface area contributed by atoms with Crippen LogP contribution in [0.25, 0.3) is 11.4 Å². The molecule has 6 heteroatoms. The maximum Gasteiger partial charge on any atom is 0.413 e. The Hall–Kier alpha value is -1.95. The Kier molecular flexibility index (Phi) is 3.11. The molecule has 5 nitrogen and oxygen atoms in total. The molecule has 1 N–H and O–H groups in total. The van der Waals surface area contributed by atoms with Gasteiger partial charge in [-0.2, -0.15) is 0 Å². The van der Waals surface area contributed by atoms with Gasteiger partial charge >= 0.3 is 6.09 Å². The monoisotopic (exact) mass is 235 g/mol. The van der Waals surface area contributed by atoms with Gasteiger partial charge in [-0.3, -0.25) is 10.3 Å². The summed E-state index contributed by atoms with van der Waals surface area (Å²) in [7, 11) is 1.31. The number of thiazole rings is 1. The lowest BCUT2D eigenvalue weighted by Crippen LogP contribution is -2.10. The first kappa shape index (κ1) is 10.6. The van der Waals surface area contributed by atoms with E-state index in [1.165, 1.54) is 18.4 Å². The molecule has 82 valence electrons. The predicted octanol–water partition coefficient (Wildman–Crippen LogP) is 2.38. The zero-order valence-corrected chi connectivity index (χ0v) is 9.32. The summed E-state index contributed by atoms with van der Waals surface area (Å²) in [4.78, 5) is 19.3. The zero-order chi connectivity index (χ0) is 11.4. The molecule has 1 amide bonds. The first-order valence-electron chi connectivity index (χ1n) is 4.51. The summed E-state index contributed by atoms with van der Waals surface area (Å²) in [6.07, 6.45) is 1.17. The number of anilines is 1. The highest BCUT2D eigenvalue weighted by molar-refractivity contribution is 7.14. The Morgan fingerprint density at radius 1 is 1.44 bits per heavy atom. The summed E-state index contributed by atoms with van der Waals surface area (Å²) in [5, 5.41) is 4.82. The first-order chi connectivity index (χ1) is 7.79. The summed E-state index contributed by atoms with van der Waals surface area (Å²) in [5.74, 6) is 0. The molecule has 0 bridgehead atoms. The van der Waals surface area contributed by atoms with Gasteiger partial charge in [-0.15, -0.1) is 11.3 Å². The third kappa shape index (κ3) is 2.34. The molecule has 0 aromatic carbocycles. The van der Waals surface area contributed by atoms with E-state index in [-0.39, 0.29) is 0 Å². The van der Waals surface area contributed by atoms with E-state index in [9.17, 15) is 4.79 Å². The normalized spacial score (nSPS) is 9.81. The fraction of sp³-hybridized carbons (Fsp3) is 0.100. The van der Waals surface area contributed by atoms with Crippen molar-refractivity contribution in [2.24, 2.45) is 0 Å². The second-order valence-electron chi connectivity index (χ2n) is 2.87. The first-order valence-corrected chi connectivity index (χ1v) is 5.39. The molecule has 0 radical (unpaired) electrons. The van der Waals surface area contributed by atoms with E-state index in [1.807, 2.05) is 23.6 Å². The molecular formula is C10H9N3O2S. The lowest BCUT2D eigenvalue weighted by atomic mass is 10.3. The Morgan fingerprint density at radius 2 is 2.31 bits per heavy atom. The number of methoxy groups -OCH3 is 1. The van der Waals surface area contributed by atoms with Crippen LogP contribution < -0.4 is 5.32 Å². The van der Waals surface area contributed by atoms with Crippen molar-refractivity contribution in [1.82, 2.24) is 9.97 Å². The predicted molar refractivity (Wildman–Crippen MR) is 61.4 cm³/mol. The number of carbonyl (C=O) groups excluding carboxylic acids is 1. The minimum absolute atomic E-state index is 0.493. The fourth-order valence-corrected chi connectivity index (χ4v) is 1.79. The van der Waals surface area contributed by atoms with Crippen molar-refractivity contribution in [3.8, 4) is 11.4 Å². The van der Waals surface area contributed by atoms with E-state index in [4.69, 9.17) is 0 Å². The molecule has 0 atom stereocenters. The standard InChI is InChI=1S/C10H9N3O2S/c1-15-10(14)13-9-12-8(6-16-9)7-4-2-3-5-11-7/h2-6H,1H3,(H,12,13,14). The van der Waals surface area contributed by atoms with Crippen LogP contribution in [0.2, 0.25) is 0 Å². The molecule has 16 heavy (non-hydrogen) atoms. The highest BCUT2D eigenvalue weighted by Gasteiger charge is 2.07. The largest absolute Gasteiger partial charge is 0.453 e. The van der Waals surface area contributed by atoms with E-state index < -0.39 is 6.09 Å². The van der Waals surface area contributed by atoms with Crippen LogP contribution in [0.15, 0.2) is 29.8 Å². The average molecular weight is 235 g/mol. The summed E-state index contributed by atoms with van der Waals surface area (Å²) in [5.41, 5.74) is 1.51. The molecular weight excluding hydrogens is 226 g/mol. The Bertz CT molecular complexity index is 484. The molecule has 0 saturated carbocycles. The number of hydrogen-bond acceptors (Lipinski definition) is 5. The van der Waals surface area contributed by atoms with Gasteiger partial charge < -0.3 is 4.74 Å². The van der Waals surface area contributed by atoms with Crippen LogP contribution in [0.4, 0.5) is 9.93 Å². The fourth-order valence-electron chi connectivity index (χ4n) is 1.10. The molecule has 2 rings (SSSR count). The van der Waals surface area contributed by atoms with Crippen molar-refractivity contribution >= 4 is 22.6 Å². The van der Waals surface area contributed by atoms with Crippen molar-refractivity contribution in [2.75, 3.05) is 12.4 Å². The maximum absolute atomic E-state index is 10.9. The summed E-state index contributed by atoms with van der Waals surface area (Å²) in [6, 6.07) is 5.58. The van der Waals surface area contributed by atoms with Crippen LogP contribution in [-0.4, -0.2) is 23.2 Å². The average Bonchev–Trinajstić information content (AvgIpc) is 2.78. The van der Waals surface area contributed by atoms with Gasteiger partial charge in [0.25, 0.3) is 0 Å². The van der Waals surface area contributed by atoms with Gasteiger partial charge in [-0.05, 0) is 12.1 Å². The second kappa shape index (κ2) is 4.71. The smallest absolute Gasteiger partial charge is 0.413 e. The van der Waals surface area contributed by atoms with Gasteiger partial charge in [0, 0.05) is 11.6 Å². The van der Waals surface area contributed by atoms with Crippen molar-refractivity contribution in [1.29, 1.82) is 0 Å². The number of nitrogens with one attached hydrogen (secondary N) is 1. The number of ether oxygens (including phenoxy) is 1. The van der Waals surface area contributed by atoms with E-state index >= 15 is 0 Å². The van der Waals surface area contributed by atoms with Crippen LogP contribution in [0, 0.1) is 0 Å². The maximum atomic E-state index is 10.9. The number of hydrogen-bond donors (Lipinski definition) is 1. The Balaban J connectivity index is 2.17. The quantitative estimate of drug-likeness (QED) is 0.868. The minimum atomic E-state index is -0.526. The molecule has 0 fully saturated rings. The van der Waals surface area contributed by atoms with E-state index in [0.29, 0.717) is 5.13 Å². The van der Waals surface area contributed by atoms with Crippen molar-refractivity contribution in [3.63, 3.8) is 0 Å². The van der Waals surface area contributed by atoms with Crippen LogP contribution in [-0.2, 0) is 4.74 Å². The number of carbonyl (C=O) groups is 1. The third-order valence-corrected chi connectivity index (χ3v) is 2.58. The summed E-state index contributed by atoms with van der Waals surface area (Å²) >= 11 is 1.33. The lowest BCUT2D eigenvalue weighted by molar-refractivity contribution is 0.187. The molecule has 0 aliphatic rings. The van der Waals surface area contributed by atoms with Crippen LogP contribution in [0.3, 0.4) is 0 Å². The SMILES string of the molecule is COC(=O)Nc1nc(-c2ccccn2)cs1. The van der Waals surface area contributed by atoms with Crippen molar-refractivity contribution < 1.29 is 9.53 Å². The molecule has 2 heterocycles. The lowest BCUT2D eigenvalue weighted by Gasteiger charge is -1.97. The van der Waals surface area contributed by atoms with Gasteiger partial charge in [0.05, 0.1) is 12.8 Å². The molecule has 0 aliphatic heterocycles. The summed E-state index contributed by atoms with van der Waals surface area (Å²) in [6.45, 7) is 0. The molecule has 2 aromatic rings. The number of nitrogens with zero attached hydrogens (tertiary/aromatic N) is 2. The minimum Gasteiger partial charge on any atom is -0.453 e. The van der Waals surface area contributed by atoms with E-state index in [0.717, 1.165) is 11.4 Å². The number of amides is 1.